The molecule has 6 nitrogen and oxygen atoms in total. The van der Waals surface area contributed by atoms with E-state index in [4.69, 9.17) is 5.11 Å². The van der Waals surface area contributed by atoms with Crippen LogP contribution in [0, 0.1) is 0 Å². The van der Waals surface area contributed by atoms with E-state index in [1.807, 2.05) is 6.92 Å². The van der Waals surface area contributed by atoms with Crippen molar-refractivity contribution in [1.29, 1.82) is 0 Å². The average Bonchev–Trinajstić information content (AvgIpc) is 2.42. The molecule has 0 amide bonds. The van der Waals surface area contributed by atoms with Crippen LogP contribution >= 0.6 is 0 Å². The number of benzene rings is 1. The lowest BCUT2D eigenvalue weighted by atomic mass is 10.1. The predicted molar refractivity (Wildman–Crippen MR) is 77.2 cm³/mol. The third-order valence-electron chi connectivity index (χ3n) is 2.41. The Labute approximate surface area is 118 Å². The molecule has 0 heterocycles. The summed E-state index contributed by atoms with van der Waals surface area (Å²) in [5.41, 5.74) is 1.53. The summed E-state index contributed by atoms with van der Waals surface area (Å²) in [4.78, 5) is 10.4. The summed E-state index contributed by atoms with van der Waals surface area (Å²) in [6.07, 6.45) is 3.25. The van der Waals surface area contributed by atoms with E-state index in [-0.39, 0.29) is 6.54 Å². The second-order valence-corrected chi connectivity index (χ2v) is 5.72. The molecule has 0 aromatic heterocycles. The van der Waals surface area contributed by atoms with Crippen molar-refractivity contribution in [2.24, 2.45) is 0 Å². The molecule has 0 aliphatic heterocycles. The Balaban J connectivity index is 2.56. The van der Waals surface area contributed by atoms with Crippen LogP contribution in [0.1, 0.15) is 24.5 Å². The first-order chi connectivity index (χ1) is 9.43. The molecule has 110 valence electrons. The smallest absolute Gasteiger partial charge is 0.328 e. The molecule has 0 spiro atoms. The highest BCUT2D eigenvalue weighted by Crippen LogP contribution is 2.06. The van der Waals surface area contributed by atoms with Crippen molar-refractivity contribution in [2.45, 2.75) is 19.9 Å². The maximum atomic E-state index is 11.5. The molecule has 0 aliphatic carbocycles. The van der Waals surface area contributed by atoms with Crippen LogP contribution in [-0.2, 0) is 21.5 Å². The highest BCUT2D eigenvalue weighted by Gasteiger charge is 2.07. The summed E-state index contributed by atoms with van der Waals surface area (Å²) in [6.45, 7) is 2.46. The SMILES string of the molecule is CCCNS(=O)(=O)NCc1ccc(/C=C/C(=O)O)cc1. The first-order valence-electron chi connectivity index (χ1n) is 6.17. The van der Waals surface area contributed by atoms with Gasteiger partial charge >= 0.3 is 5.97 Å². The summed E-state index contributed by atoms with van der Waals surface area (Å²) < 4.78 is 27.9. The molecule has 7 heteroatoms. The molecule has 1 aromatic carbocycles. The van der Waals surface area contributed by atoms with Gasteiger partial charge in [-0.2, -0.15) is 13.1 Å². The summed E-state index contributed by atoms with van der Waals surface area (Å²) in [5.74, 6) is -1.01. The fourth-order valence-electron chi connectivity index (χ4n) is 1.38. The van der Waals surface area contributed by atoms with Gasteiger partial charge < -0.3 is 5.11 Å². The number of hydrogen-bond acceptors (Lipinski definition) is 3. The van der Waals surface area contributed by atoms with Gasteiger partial charge in [0.2, 0.25) is 0 Å². The minimum Gasteiger partial charge on any atom is -0.478 e. The molecule has 1 aromatic rings. The first kappa shape index (κ1) is 16.4. The van der Waals surface area contributed by atoms with Crippen LogP contribution in [0.4, 0.5) is 0 Å². The van der Waals surface area contributed by atoms with E-state index >= 15 is 0 Å². The Bertz CT molecular complexity index is 565. The zero-order valence-corrected chi connectivity index (χ0v) is 12.0. The topological polar surface area (TPSA) is 95.5 Å². The van der Waals surface area contributed by atoms with Gasteiger partial charge in [0.25, 0.3) is 10.2 Å². The molecule has 0 fully saturated rings. The van der Waals surface area contributed by atoms with Gasteiger partial charge in [-0.3, -0.25) is 0 Å². The maximum absolute atomic E-state index is 11.5. The number of carboxylic acids is 1. The molecule has 20 heavy (non-hydrogen) atoms. The molecule has 0 aliphatic rings. The van der Waals surface area contributed by atoms with Crippen LogP contribution in [0.5, 0.6) is 0 Å². The second-order valence-electron chi connectivity index (χ2n) is 4.13. The van der Waals surface area contributed by atoms with Crippen molar-refractivity contribution in [3.63, 3.8) is 0 Å². The van der Waals surface area contributed by atoms with E-state index in [9.17, 15) is 13.2 Å². The Hall–Kier alpha value is -1.70. The van der Waals surface area contributed by atoms with Gasteiger partial charge in [0.05, 0.1) is 0 Å². The van der Waals surface area contributed by atoms with E-state index in [0.29, 0.717) is 6.54 Å². The molecular weight excluding hydrogens is 280 g/mol. The molecule has 1 rings (SSSR count). The lowest BCUT2D eigenvalue weighted by molar-refractivity contribution is -0.131. The van der Waals surface area contributed by atoms with Crippen LogP contribution in [0.15, 0.2) is 30.3 Å². The third-order valence-corrected chi connectivity index (χ3v) is 3.52. The van der Waals surface area contributed by atoms with E-state index < -0.39 is 16.2 Å². The standard InChI is InChI=1S/C13H18N2O4S/c1-2-9-14-20(18,19)15-10-12-5-3-11(4-6-12)7-8-13(16)17/h3-8,14-15H,2,9-10H2,1H3,(H,16,17)/b8-7+. The van der Waals surface area contributed by atoms with Crippen molar-refractivity contribution in [1.82, 2.24) is 9.44 Å². The lowest BCUT2D eigenvalue weighted by Gasteiger charge is -2.07. The number of nitrogens with one attached hydrogen (secondary N) is 2. The average molecular weight is 298 g/mol. The maximum Gasteiger partial charge on any atom is 0.328 e. The van der Waals surface area contributed by atoms with Gasteiger partial charge in [-0.15, -0.1) is 0 Å². The minimum absolute atomic E-state index is 0.183. The van der Waals surface area contributed by atoms with Crippen molar-refractivity contribution in [3.8, 4) is 0 Å². The van der Waals surface area contributed by atoms with Gasteiger partial charge in [0.15, 0.2) is 0 Å². The fourth-order valence-corrected chi connectivity index (χ4v) is 2.31. The molecule has 0 saturated carbocycles. The van der Waals surface area contributed by atoms with Crippen molar-refractivity contribution in [3.05, 3.63) is 41.5 Å². The van der Waals surface area contributed by atoms with E-state index in [0.717, 1.165) is 23.6 Å². The molecular formula is C13H18N2O4S. The van der Waals surface area contributed by atoms with Gasteiger partial charge in [-0.05, 0) is 23.6 Å². The number of aliphatic carboxylic acids is 1. The summed E-state index contributed by atoms with van der Waals surface area (Å²) in [7, 11) is -3.47. The monoisotopic (exact) mass is 298 g/mol. The van der Waals surface area contributed by atoms with Crippen LogP contribution in [0.3, 0.4) is 0 Å². The van der Waals surface area contributed by atoms with Gasteiger partial charge in [-0.1, -0.05) is 31.2 Å². The second kappa shape index (κ2) is 7.78. The molecule has 0 atom stereocenters. The van der Waals surface area contributed by atoms with Crippen molar-refractivity contribution in [2.75, 3.05) is 6.54 Å². The largest absolute Gasteiger partial charge is 0.478 e. The zero-order valence-electron chi connectivity index (χ0n) is 11.2. The van der Waals surface area contributed by atoms with Gasteiger partial charge in [0.1, 0.15) is 0 Å². The number of carbonyl (C=O) groups is 1. The van der Waals surface area contributed by atoms with Gasteiger partial charge in [0, 0.05) is 19.2 Å². The number of carboxylic acid groups (broad SMARTS) is 1. The van der Waals surface area contributed by atoms with Crippen LogP contribution in [0.25, 0.3) is 6.08 Å². The zero-order chi connectivity index (χ0) is 15.0. The predicted octanol–water partition coefficient (Wildman–Crippen LogP) is 1.12. The fraction of sp³-hybridized carbons (Fsp3) is 0.308. The first-order valence-corrected chi connectivity index (χ1v) is 7.65. The summed E-state index contributed by atoms with van der Waals surface area (Å²) in [5, 5.41) is 8.50. The highest BCUT2D eigenvalue weighted by molar-refractivity contribution is 7.87. The Morgan fingerprint density at radius 3 is 2.45 bits per heavy atom. The molecule has 0 bridgehead atoms. The Morgan fingerprint density at radius 2 is 1.90 bits per heavy atom. The van der Waals surface area contributed by atoms with E-state index in [1.165, 1.54) is 6.08 Å². The molecule has 0 saturated heterocycles. The minimum atomic E-state index is -3.47. The van der Waals surface area contributed by atoms with E-state index in [2.05, 4.69) is 9.44 Å². The summed E-state index contributed by atoms with van der Waals surface area (Å²) in [6, 6.07) is 6.93. The van der Waals surface area contributed by atoms with E-state index in [1.54, 1.807) is 24.3 Å². The van der Waals surface area contributed by atoms with Crippen LogP contribution in [-0.4, -0.2) is 26.0 Å². The van der Waals surface area contributed by atoms with Crippen LogP contribution in [0.2, 0.25) is 0 Å². The van der Waals surface area contributed by atoms with Crippen LogP contribution < -0.4 is 9.44 Å². The normalized spacial score (nSPS) is 11.8. The van der Waals surface area contributed by atoms with Crippen molar-refractivity contribution < 1.29 is 18.3 Å². The quantitative estimate of drug-likeness (QED) is 0.627. The van der Waals surface area contributed by atoms with Gasteiger partial charge in [-0.25, -0.2) is 9.52 Å². The third kappa shape index (κ3) is 6.46. The molecule has 0 radical (unpaired) electrons. The number of rotatable bonds is 8. The lowest BCUT2D eigenvalue weighted by Crippen LogP contribution is -2.36. The summed E-state index contributed by atoms with van der Waals surface area (Å²) >= 11 is 0. The Kier molecular flexibility index (Phi) is 6.37. The Morgan fingerprint density at radius 1 is 1.25 bits per heavy atom. The number of hydrogen-bond donors (Lipinski definition) is 3. The molecule has 0 unspecified atom stereocenters. The molecule has 3 N–H and O–H groups in total. The van der Waals surface area contributed by atoms with Crippen molar-refractivity contribution >= 4 is 22.3 Å². The highest BCUT2D eigenvalue weighted by atomic mass is 32.2.